The predicted molar refractivity (Wildman–Crippen MR) is 132 cm³/mol. The Bertz CT molecular complexity index is 1430. The SMILES string of the molecule is COc1ccc(-c2cc(S(C)(=O)=O)ccc2C(=O)Nc2cccc(-c3csc(C)n3)c2)cc1. The zero-order valence-corrected chi connectivity index (χ0v) is 20.0. The first-order valence-corrected chi connectivity index (χ1v) is 12.8. The van der Waals surface area contributed by atoms with Gasteiger partial charge >= 0.3 is 0 Å². The molecule has 0 aliphatic rings. The Balaban J connectivity index is 1.71. The summed E-state index contributed by atoms with van der Waals surface area (Å²) in [5.41, 5.74) is 3.96. The molecule has 33 heavy (non-hydrogen) atoms. The third-order valence-electron chi connectivity index (χ3n) is 5.10. The molecule has 1 aromatic heterocycles. The number of nitrogens with one attached hydrogen (secondary N) is 1. The first kappa shape index (κ1) is 22.7. The molecule has 168 valence electrons. The van der Waals surface area contributed by atoms with Gasteiger partial charge in [0.05, 0.1) is 22.7 Å². The number of hydrogen-bond donors (Lipinski definition) is 1. The first-order valence-electron chi connectivity index (χ1n) is 10.1. The normalized spacial score (nSPS) is 11.2. The molecule has 0 aliphatic carbocycles. The van der Waals surface area contributed by atoms with E-state index in [4.69, 9.17) is 4.74 Å². The molecule has 3 aromatic carbocycles. The molecule has 6 nitrogen and oxygen atoms in total. The summed E-state index contributed by atoms with van der Waals surface area (Å²) in [6.45, 7) is 1.95. The van der Waals surface area contributed by atoms with E-state index in [0.717, 1.165) is 22.5 Å². The quantitative estimate of drug-likeness (QED) is 0.398. The third kappa shape index (κ3) is 5.13. The Labute approximate surface area is 196 Å². The number of carbonyl (C=O) groups is 1. The summed E-state index contributed by atoms with van der Waals surface area (Å²) < 4.78 is 29.5. The summed E-state index contributed by atoms with van der Waals surface area (Å²) in [7, 11) is -1.88. The lowest BCUT2D eigenvalue weighted by Crippen LogP contribution is -2.14. The highest BCUT2D eigenvalue weighted by Crippen LogP contribution is 2.30. The summed E-state index contributed by atoms with van der Waals surface area (Å²) in [5, 5.41) is 5.87. The van der Waals surface area contributed by atoms with Crippen LogP contribution in [0.25, 0.3) is 22.4 Å². The fourth-order valence-electron chi connectivity index (χ4n) is 3.41. The number of carbonyl (C=O) groups excluding carboxylic acids is 1. The van der Waals surface area contributed by atoms with Crippen molar-refractivity contribution >= 4 is 32.8 Å². The van der Waals surface area contributed by atoms with Gasteiger partial charge in [0.2, 0.25) is 0 Å². The molecule has 1 amide bonds. The lowest BCUT2D eigenvalue weighted by molar-refractivity contribution is 0.102. The predicted octanol–water partition coefficient (Wildman–Crippen LogP) is 5.45. The average molecular weight is 479 g/mol. The second kappa shape index (κ2) is 9.17. The number of anilines is 1. The Hall–Kier alpha value is -3.49. The first-order chi connectivity index (χ1) is 15.7. The van der Waals surface area contributed by atoms with Crippen LogP contribution in [0.5, 0.6) is 5.75 Å². The molecule has 0 saturated carbocycles. The highest BCUT2D eigenvalue weighted by Gasteiger charge is 2.18. The summed E-state index contributed by atoms with van der Waals surface area (Å²) in [6, 6.07) is 19.1. The fraction of sp³-hybridized carbons (Fsp3) is 0.120. The minimum atomic E-state index is -3.44. The molecule has 8 heteroatoms. The summed E-state index contributed by atoms with van der Waals surface area (Å²) in [4.78, 5) is 17.9. The Morgan fingerprint density at radius 3 is 2.39 bits per heavy atom. The highest BCUT2D eigenvalue weighted by atomic mass is 32.2. The van der Waals surface area contributed by atoms with Gasteiger partial charge in [-0.25, -0.2) is 13.4 Å². The minimum absolute atomic E-state index is 0.144. The molecule has 1 heterocycles. The summed E-state index contributed by atoms with van der Waals surface area (Å²) in [5.74, 6) is 0.325. The molecule has 0 atom stereocenters. The standard InChI is InChI=1S/C25H22N2O4S2/c1-16-26-24(15-32-16)18-5-4-6-19(13-18)27-25(28)22-12-11-21(33(3,29)30)14-23(22)17-7-9-20(31-2)10-8-17/h4-15H,1-3H3,(H,27,28). The van der Waals surface area contributed by atoms with Crippen LogP contribution in [0, 0.1) is 6.92 Å². The number of aromatic nitrogens is 1. The van der Waals surface area contributed by atoms with E-state index in [0.29, 0.717) is 28.1 Å². The van der Waals surface area contributed by atoms with Crippen LogP contribution in [0.15, 0.2) is 77.0 Å². The number of rotatable bonds is 6. The number of methoxy groups -OCH3 is 1. The van der Waals surface area contributed by atoms with Crippen LogP contribution >= 0.6 is 11.3 Å². The molecule has 0 fully saturated rings. The van der Waals surface area contributed by atoms with Crippen LogP contribution in [-0.4, -0.2) is 32.7 Å². The van der Waals surface area contributed by atoms with Crippen LogP contribution in [0.1, 0.15) is 15.4 Å². The van der Waals surface area contributed by atoms with E-state index in [-0.39, 0.29) is 10.8 Å². The second-order valence-electron chi connectivity index (χ2n) is 7.49. The molecule has 4 aromatic rings. The van der Waals surface area contributed by atoms with E-state index < -0.39 is 9.84 Å². The van der Waals surface area contributed by atoms with Gasteiger partial charge in [0, 0.05) is 28.5 Å². The summed E-state index contributed by atoms with van der Waals surface area (Å²) in [6.07, 6.45) is 1.14. The molecule has 0 spiro atoms. The number of sulfone groups is 1. The van der Waals surface area contributed by atoms with Gasteiger partial charge in [0.25, 0.3) is 5.91 Å². The van der Waals surface area contributed by atoms with Crippen molar-refractivity contribution in [1.82, 2.24) is 4.98 Å². The van der Waals surface area contributed by atoms with Gasteiger partial charge in [-0.3, -0.25) is 4.79 Å². The van der Waals surface area contributed by atoms with Crippen molar-refractivity contribution in [2.45, 2.75) is 11.8 Å². The van der Waals surface area contributed by atoms with Crippen molar-refractivity contribution in [3.8, 4) is 28.1 Å². The van der Waals surface area contributed by atoms with Crippen molar-refractivity contribution in [3.63, 3.8) is 0 Å². The van der Waals surface area contributed by atoms with E-state index in [9.17, 15) is 13.2 Å². The van der Waals surface area contributed by atoms with Crippen molar-refractivity contribution < 1.29 is 17.9 Å². The number of amides is 1. The van der Waals surface area contributed by atoms with Gasteiger partial charge in [-0.1, -0.05) is 24.3 Å². The zero-order chi connectivity index (χ0) is 23.6. The van der Waals surface area contributed by atoms with Gasteiger partial charge in [-0.05, 0) is 60.5 Å². The second-order valence-corrected chi connectivity index (χ2v) is 10.6. The van der Waals surface area contributed by atoms with Gasteiger partial charge in [-0.15, -0.1) is 11.3 Å². The lowest BCUT2D eigenvalue weighted by atomic mass is 9.99. The van der Waals surface area contributed by atoms with Crippen LogP contribution < -0.4 is 10.1 Å². The molecular weight excluding hydrogens is 456 g/mol. The van der Waals surface area contributed by atoms with Gasteiger partial charge in [0.15, 0.2) is 9.84 Å². The van der Waals surface area contributed by atoms with E-state index in [2.05, 4.69) is 10.3 Å². The molecule has 0 unspecified atom stereocenters. The molecule has 0 aliphatic heterocycles. The third-order valence-corrected chi connectivity index (χ3v) is 6.98. The average Bonchev–Trinajstić information content (AvgIpc) is 3.24. The topological polar surface area (TPSA) is 85.4 Å². The van der Waals surface area contributed by atoms with Crippen LogP contribution in [0.3, 0.4) is 0 Å². The Kier molecular flexibility index (Phi) is 6.31. The summed E-state index contributed by atoms with van der Waals surface area (Å²) >= 11 is 1.56. The Morgan fingerprint density at radius 1 is 1.00 bits per heavy atom. The largest absolute Gasteiger partial charge is 0.497 e. The fourth-order valence-corrected chi connectivity index (χ4v) is 4.68. The lowest BCUT2D eigenvalue weighted by Gasteiger charge is -2.13. The van der Waals surface area contributed by atoms with Crippen LogP contribution in [0.2, 0.25) is 0 Å². The maximum absolute atomic E-state index is 13.2. The van der Waals surface area contributed by atoms with Gasteiger partial charge < -0.3 is 10.1 Å². The van der Waals surface area contributed by atoms with Gasteiger partial charge in [-0.2, -0.15) is 0 Å². The van der Waals surface area contributed by atoms with Crippen LogP contribution in [0.4, 0.5) is 5.69 Å². The molecule has 0 saturated heterocycles. The van der Waals surface area contributed by atoms with Crippen molar-refractivity contribution in [2.24, 2.45) is 0 Å². The Morgan fingerprint density at radius 2 is 1.76 bits per heavy atom. The molecular formula is C25H22N2O4S2. The monoisotopic (exact) mass is 478 g/mol. The molecule has 0 radical (unpaired) electrons. The number of thiazole rings is 1. The number of nitrogens with zero attached hydrogens (tertiary/aromatic N) is 1. The van der Waals surface area contributed by atoms with Crippen molar-refractivity contribution in [1.29, 1.82) is 0 Å². The molecule has 4 rings (SSSR count). The molecule has 1 N–H and O–H groups in total. The zero-order valence-electron chi connectivity index (χ0n) is 18.3. The highest BCUT2D eigenvalue weighted by molar-refractivity contribution is 7.90. The van der Waals surface area contributed by atoms with Gasteiger partial charge in [0.1, 0.15) is 5.75 Å². The smallest absolute Gasteiger partial charge is 0.256 e. The van der Waals surface area contributed by atoms with E-state index in [1.165, 1.54) is 12.1 Å². The number of benzene rings is 3. The van der Waals surface area contributed by atoms with E-state index >= 15 is 0 Å². The van der Waals surface area contributed by atoms with Crippen molar-refractivity contribution in [2.75, 3.05) is 18.7 Å². The number of ether oxygens (including phenoxy) is 1. The van der Waals surface area contributed by atoms with Crippen LogP contribution in [-0.2, 0) is 9.84 Å². The number of aryl methyl sites for hydroxylation is 1. The number of hydrogen-bond acceptors (Lipinski definition) is 6. The minimum Gasteiger partial charge on any atom is -0.497 e. The molecule has 0 bridgehead atoms. The van der Waals surface area contributed by atoms with E-state index in [1.54, 1.807) is 54.8 Å². The van der Waals surface area contributed by atoms with Crippen molar-refractivity contribution in [3.05, 3.63) is 82.7 Å². The maximum atomic E-state index is 13.2. The maximum Gasteiger partial charge on any atom is 0.256 e. The van der Waals surface area contributed by atoms with E-state index in [1.807, 2.05) is 30.5 Å².